The van der Waals surface area contributed by atoms with E-state index in [-0.39, 0.29) is 0 Å². The third kappa shape index (κ3) is 3.44. The first kappa shape index (κ1) is 16.6. The minimum Gasteiger partial charge on any atom is -0.486 e. The molecule has 7 nitrogen and oxygen atoms in total. The molecule has 1 aromatic carbocycles. The van der Waals surface area contributed by atoms with Gasteiger partial charge in [0.15, 0.2) is 11.5 Å². The number of fused-ring (bicyclic) bond motifs is 2. The van der Waals surface area contributed by atoms with Crippen LogP contribution in [0, 0.1) is 0 Å². The van der Waals surface area contributed by atoms with Gasteiger partial charge in [0.05, 0.1) is 11.0 Å². The number of likely N-dealkylation sites (N-methyl/N-ethyl adjacent to an activating group) is 1. The van der Waals surface area contributed by atoms with Crippen molar-refractivity contribution < 1.29 is 9.47 Å². The van der Waals surface area contributed by atoms with E-state index >= 15 is 0 Å². The summed E-state index contributed by atoms with van der Waals surface area (Å²) >= 11 is 0. The van der Waals surface area contributed by atoms with Gasteiger partial charge in [-0.2, -0.15) is 0 Å². The maximum atomic E-state index is 5.81. The third-order valence-corrected chi connectivity index (χ3v) is 5.09. The van der Waals surface area contributed by atoms with Crippen LogP contribution in [-0.4, -0.2) is 78.9 Å². The molecular formula is C18H27N5O2. The lowest BCUT2D eigenvalue weighted by atomic mass is 10.2. The Bertz CT molecular complexity index is 737. The molecule has 1 fully saturated rings. The van der Waals surface area contributed by atoms with Gasteiger partial charge in [-0.15, -0.1) is 0 Å². The van der Waals surface area contributed by atoms with Crippen molar-refractivity contribution in [2.24, 2.45) is 5.73 Å². The molecule has 4 rings (SSSR count). The largest absolute Gasteiger partial charge is 0.486 e. The number of piperazine rings is 1. The fourth-order valence-corrected chi connectivity index (χ4v) is 3.59. The Kier molecular flexibility index (Phi) is 4.78. The lowest BCUT2D eigenvalue weighted by molar-refractivity contribution is 0.150. The lowest BCUT2D eigenvalue weighted by Gasteiger charge is -2.32. The average Bonchev–Trinajstić information content (AvgIpc) is 2.96. The maximum Gasteiger partial charge on any atom is 0.163 e. The molecule has 0 atom stereocenters. The van der Waals surface area contributed by atoms with Gasteiger partial charge in [0.25, 0.3) is 0 Å². The van der Waals surface area contributed by atoms with E-state index < -0.39 is 0 Å². The summed E-state index contributed by atoms with van der Waals surface area (Å²) in [5.41, 5.74) is 7.89. The summed E-state index contributed by atoms with van der Waals surface area (Å²) in [6.45, 7) is 8.29. The summed E-state index contributed by atoms with van der Waals surface area (Å²) in [5.74, 6) is 2.66. The Balaban J connectivity index is 1.59. The molecule has 0 saturated carbocycles. The maximum absolute atomic E-state index is 5.81. The third-order valence-electron chi connectivity index (χ3n) is 5.09. The molecular weight excluding hydrogens is 318 g/mol. The highest BCUT2D eigenvalue weighted by atomic mass is 16.6. The van der Waals surface area contributed by atoms with Crippen LogP contribution in [0.15, 0.2) is 12.1 Å². The molecule has 136 valence electrons. The number of aromatic nitrogens is 2. The quantitative estimate of drug-likeness (QED) is 0.854. The summed E-state index contributed by atoms with van der Waals surface area (Å²) in [6.07, 6.45) is 0.782. The van der Waals surface area contributed by atoms with Crippen molar-refractivity contribution >= 4 is 11.0 Å². The number of rotatable bonds is 5. The average molecular weight is 345 g/mol. The molecule has 25 heavy (non-hydrogen) atoms. The SMILES string of the molecule is CN1CCN(CCn2c(CCN)nc3cc4c(cc32)OCCO4)CC1. The van der Waals surface area contributed by atoms with Gasteiger partial charge >= 0.3 is 0 Å². The molecule has 0 unspecified atom stereocenters. The molecule has 3 heterocycles. The van der Waals surface area contributed by atoms with E-state index in [1.807, 2.05) is 6.07 Å². The van der Waals surface area contributed by atoms with Crippen LogP contribution in [0.5, 0.6) is 11.5 Å². The molecule has 0 aliphatic carbocycles. The van der Waals surface area contributed by atoms with Crippen molar-refractivity contribution in [2.75, 3.05) is 59.5 Å². The minimum absolute atomic E-state index is 0.596. The standard InChI is InChI=1S/C18H27N5O2/c1-21-4-6-22(7-5-21)8-9-23-15-13-17-16(24-10-11-25-17)12-14(15)20-18(23)2-3-19/h12-13H,2-11,19H2,1H3. The van der Waals surface area contributed by atoms with E-state index in [0.29, 0.717) is 19.8 Å². The Morgan fingerprint density at radius 2 is 1.76 bits per heavy atom. The summed E-state index contributed by atoms with van der Waals surface area (Å²) in [4.78, 5) is 9.71. The van der Waals surface area contributed by atoms with Gasteiger partial charge < -0.3 is 24.7 Å². The van der Waals surface area contributed by atoms with E-state index in [4.69, 9.17) is 20.2 Å². The van der Waals surface area contributed by atoms with Crippen LogP contribution in [0.2, 0.25) is 0 Å². The van der Waals surface area contributed by atoms with Gasteiger partial charge in [0.1, 0.15) is 19.0 Å². The monoisotopic (exact) mass is 345 g/mol. The van der Waals surface area contributed by atoms with Gasteiger partial charge in [-0.05, 0) is 13.6 Å². The molecule has 2 aliphatic heterocycles. The predicted molar refractivity (Wildman–Crippen MR) is 97.4 cm³/mol. The second kappa shape index (κ2) is 7.19. The van der Waals surface area contributed by atoms with E-state index in [1.165, 1.54) is 0 Å². The summed E-state index contributed by atoms with van der Waals surface area (Å²) in [6, 6.07) is 4.07. The van der Waals surface area contributed by atoms with E-state index in [9.17, 15) is 0 Å². The first-order chi connectivity index (χ1) is 12.2. The molecule has 2 N–H and O–H groups in total. The normalized spacial score (nSPS) is 18.8. The van der Waals surface area contributed by atoms with E-state index in [2.05, 4.69) is 27.5 Å². The number of imidazole rings is 1. The number of nitrogens with zero attached hydrogens (tertiary/aromatic N) is 4. The summed E-state index contributed by atoms with van der Waals surface area (Å²) in [7, 11) is 2.19. The second-order valence-corrected chi connectivity index (χ2v) is 6.85. The highest BCUT2D eigenvalue weighted by Gasteiger charge is 2.19. The predicted octanol–water partition coefficient (Wildman–Crippen LogP) is 0.556. The number of benzene rings is 1. The highest BCUT2D eigenvalue weighted by molar-refractivity contribution is 5.80. The van der Waals surface area contributed by atoms with Gasteiger partial charge in [-0.25, -0.2) is 4.98 Å². The topological polar surface area (TPSA) is 68.8 Å². The summed E-state index contributed by atoms with van der Waals surface area (Å²) < 4.78 is 13.8. The molecule has 7 heteroatoms. The van der Waals surface area contributed by atoms with Crippen LogP contribution in [0.3, 0.4) is 0 Å². The van der Waals surface area contributed by atoms with Crippen LogP contribution in [0.1, 0.15) is 5.82 Å². The highest BCUT2D eigenvalue weighted by Crippen LogP contribution is 2.34. The molecule has 2 aliphatic rings. The second-order valence-electron chi connectivity index (χ2n) is 6.85. The molecule has 1 saturated heterocycles. The lowest BCUT2D eigenvalue weighted by Crippen LogP contribution is -2.45. The molecule has 0 bridgehead atoms. The number of ether oxygens (including phenoxy) is 2. The van der Waals surface area contributed by atoms with Gasteiger partial charge in [-0.1, -0.05) is 0 Å². The zero-order chi connectivity index (χ0) is 17.2. The minimum atomic E-state index is 0.596. The van der Waals surface area contributed by atoms with Crippen LogP contribution in [-0.2, 0) is 13.0 Å². The van der Waals surface area contributed by atoms with Gasteiger partial charge in [0, 0.05) is 57.8 Å². The fourth-order valence-electron chi connectivity index (χ4n) is 3.59. The number of hydrogen-bond acceptors (Lipinski definition) is 6. The Hall–Kier alpha value is -1.83. The molecule has 0 radical (unpaired) electrons. The van der Waals surface area contributed by atoms with Crippen molar-refractivity contribution in [3.8, 4) is 11.5 Å². The fraction of sp³-hybridized carbons (Fsp3) is 0.611. The Morgan fingerprint density at radius 3 is 2.48 bits per heavy atom. The number of nitrogens with two attached hydrogens (primary N) is 1. The van der Waals surface area contributed by atoms with Crippen molar-refractivity contribution in [2.45, 2.75) is 13.0 Å². The molecule has 1 aromatic heterocycles. The molecule has 0 spiro atoms. The molecule has 0 amide bonds. The van der Waals surface area contributed by atoms with Crippen molar-refractivity contribution in [3.05, 3.63) is 18.0 Å². The van der Waals surface area contributed by atoms with Gasteiger partial charge in [0.2, 0.25) is 0 Å². The Labute approximate surface area is 148 Å². The first-order valence-electron chi connectivity index (χ1n) is 9.14. The van der Waals surface area contributed by atoms with Crippen LogP contribution in [0.25, 0.3) is 11.0 Å². The zero-order valence-electron chi connectivity index (χ0n) is 14.9. The molecule has 2 aromatic rings. The summed E-state index contributed by atoms with van der Waals surface area (Å²) in [5, 5.41) is 0. The van der Waals surface area contributed by atoms with E-state index in [0.717, 1.165) is 74.0 Å². The van der Waals surface area contributed by atoms with E-state index in [1.54, 1.807) is 0 Å². The van der Waals surface area contributed by atoms with Crippen molar-refractivity contribution in [1.82, 2.24) is 19.4 Å². The van der Waals surface area contributed by atoms with Gasteiger partial charge in [-0.3, -0.25) is 4.90 Å². The smallest absolute Gasteiger partial charge is 0.163 e. The number of hydrogen-bond donors (Lipinski definition) is 1. The first-order valence-corrected chi connectivity index (χ1v) is 9.14. The van der Waals surface area contributed by atoms with Crippen LogP contribution < -0.4 is 15.2 Å². The van der Waals surface area contributed by atoms with Crippen LogP contribution in [0.4, 0.5) is 0 Å². The zero-order valence-corrected chi connectivity index (χ0v) is 14.9. The van der Waals surface area contributed by atoms with Crippen molar-refractivity contribution in [3.63, 3.8) is 0 Å². The van der Waals surface area contributed by atoms with Crippen molar-refractivity contribution in [1.29, 1.82) is 0 Å². The Morgan fingerprint density at radius 1 is 1.04 bits per heavy atom. The van der Waals surface area contributed by atoms with Crippen LogP contribution >= 0.6 is 0 Å².